The fourth-order valence-electron chi connectivity index (χ4n) is 1.18. The average Bonchev–Trinajstić information content (AvgIpc) is 3.01. The first-order valence-electron chi connectivity index (χ1n) is 5.56. The predicted octanol–water partition coefficient (Wildman–Crippen LogP) is 0.0538. The van der Waals surface area contributed by atoms with E-state index in [1.54, 1.807) is 21.0 Å². The third kappa shape index (κ3) is 3.48. The summed E-state index contributed by atoms with van der Waals surface area (Å²) in [5, 5.41) is 5.51. The van der Waals surface area contributed by atoms with E-state index in [1.165, 1.54) is 0 Å². The van der Waals surface area contributed by atoms with Crippen molar-refractivity contribution in [1.82, 2.24) is 10.6 Å². The molecule has 0 atom stereocenters. The molecule has 1 fully saturated rings. The number of rotatable bonds is 6. The van der Waals surface area contributed by atoms with Gasteiger partial charge in [-0.1, -0.05) is 0 Å². The van der Waals surface area contributed by atoms with Gasteiger partial charge in [0.25, 0.3) is 0 Å². The molecule has 0 aromatic rings. The monoisotopic (exact) mass is 228 g/mol. The van der Waals surface area contributed by atoms with Crippen molar-refractivity contribution in [3.05, 3.63) is 0 Å². The Morgan fingerprint density at radius 1 is 1.31 bits per heavy atom. The molecule has 1 saturated carbocycles. The minimum Gasteiger partial charge on any atom is -0.383 e. The minimum absolute atomic E-state index is 0.204. The first-order valence-corrected chi connectivity index (χ1v) is 5.56. The van der Waals surface area contributed by atoms with E-state index < -0.39 is 5.41 Å². The summed E-state index contributed by atoms with van der Waals surface area (Å²) in [7, 11) is 1.57. The molecule has 0 radical (unpaired) electrons. The normalized spacial score (nSPS) is 15.7. The number of carbonyl (C=O) groups excluding carboxylic acids is 2. The SMILES string of the molecule is COCCNC(=O)C(C)(C)C(=O)NC1CC1. The van der Waals surface area contributed by atoms with Crippen LogP contribution in [0.15, 0.2) is 0 Å². The fourth-order valence-corrected chi connectivity index (χ4v) is 1.18. The van der Waals surface area contributed by atoms with Crippen molar-refractivity contribution in [2.75, 3.05) is 20.3 Å². The van der Waals surface area contributed by atoms with Crippen molar-refractivity contribution in [3.8, 4) is 0 Å². The van der Waals surface area contributed by atoms with Crippen LogP contribution in [0.1, 0.15) is 26.7 Å². The van der Waals surface area contributed by atoms with Crippen molar-refractivity contribution in [2.24, 2.45) is 5.41 Å². The summed E-state index contributed by atoms with van der Waals surface area (Å²) in [6, 6.07) is 0.276. The first kappa shape index (κ1) is 13.0. The van der Waals surface area contributed by atoms with Crippen molar-refractivity contribution >= 4 is 11.8 Å². The molecule has 0 aromatic heterocycles. The van der Waals surface area contributed by atoms with Gasteiger partial charge >= 0.3 is 0 Å². The second kappa shape index (κ2) is 5.30. The zero-order chi connectivity index (χ0) is 12.2. The number of carbonyl (C=O) groups is 2. The van der Waals surface area contributed by atoms with E-state index in [9.17, 15) is 9.59 Å². The lowest BCUT2D eigenvalue weighted by Gasteiger charge is -2.22. The number of hydrogen-bond acceptors (Lipinski definition) is 3. The molecule has 0 spiro atoms. The number of ether oxygens (including phenoxy) is 1. The van der Waals surface area contributed by atoms with Crippen LogP contribution in [0.5, 0.6) is 0 Å². The Kier molecular flexibility index (Phi) is 4.29. The van der Waals surface area contributed by atoms with Crippen molar-refractivity contribution in [3.63, 3.8) is 0 Å². The molecule has 0 heterocycles. The molecule has 1 aliphatic carbocycles. The van der Waals surface area contributed by atoms with E-state index in [0.29, 0.717) is 13.2 Å². The van der Waals surface area contributed by atoms with Gasteiger partial charge < -0.3 is 15.4 Å². The van der Waals surface area contributed by atoms with Crippen molar-refractivity contribution in [2.45, 2.75) is 32.7 Å². The fraction of sp³-hybridized carbons (Fsp3) is 0.818. The van der Waals surface area contributed by atoms with Crippen LogP contribution >= 0.6 is 0 Å². The van der Waals surface area contributed by atoms with E-state index in [1.807, 2.05) is 0 Å². The molecular formula is C11H20N2O3. The minimum atomic E-state index is -1.02. The Balaban J connectivity index is 2.39. The lowest BCUT2D eigenvalue weighted by atomic mass is 9.91. The van der Waals surface area contributed by atoms with Crippen molar-refractivity contribution in [1.29, 1.82) is 0 Å². The zero-order valence-electron chi connectivity index (χ0n) is 10.1. The highest BCUT2D eigenvalue weighted by atomic mass is 16.5. The maximum atomic E-state index is 11.8. The molecule has 0 unspecified atom stereocenters. The molecule has 0 bridgehead atoms. The molecule has 2 amide bonds. The molecule has 2 N–H and O–H groups in total. The van der Waals surface area contributed by atoms with Crippen LogP contribution < -0.4 is 10.6 Å². The summed E-state index contributed by atoms with van der Waals surface area (Å²) >= 11 is 0. The quantitative estimate of drug-likeness (QED) is 0.499. The molecule has 0 aliphatic heterocycles. The highest BCUT2D eigenvalue weighted by Crippen LogP contribution is 2.22. The summed E-state index contributed by atoms with van der Waals surface area (Å²) in [5.41, 5.74) is -1.02. The third-order valence-electron chi connectivity index (χ3n) is 2.64. The maximum absolute atomic E-state index is 11.8. The highest BCUT2D eigenvalue weighted by molar-refractivity contribution is 6.04. The topological polar surface area (TPSA) is 67.4 Å². The standard InChI is InChI=1S/C11H20N2O3/c1-11(2,9(14)12-6-7-16-3)10(15)13-8-4-5-8/h8H,4-7H2,1-3H3,(H,12,14)(H,13,15). The van der Waals surface area contributed by atoms with Crippen LogP contribution in [0.2, 0.25) is 0 Å². The Morgan fingerprint density at radius 3 is 2.44 bits per heavy atom. The van der Waals surface area contributed by atoms with Gasteiger partial charge in [-0.3, -0.25) is 9.59 Å². The van der Waals surface area contributed by atoms with E-state index >= 15 is 0 Å². The smallest absolute Gasteiger partial charge is 0.235 e. The van der Waals surface area contributed by atoms with Gasteiger partial charge in [-0.2, -0.15) is 0 Å². The van der Waals surface area contributed by atoms with Gasteiger partial charge in [0.2, 0.25) is 11.8 Å². The summed E-state index contributed by atoms with van der Waals surface area (Å²) in [4.78, 5) is 23.5. The summed E-state index contributed by atoms with van der Waals surface area (Å²) in [6.45, 7) is 4.14. The maximum Gasteiger partial charge on any atom is 0.235 e. The second-order valence-electron chi connectivity index (χ2n) is 4.62. The molecule has 0 saturated heterocycles. The van der Waals surface area contributed by atoms with Crippen molar-refractivity contribution < 1.29 is 14.3 Å². The Morgan fingerprint density at radius 2 is 1.94 bits per heavy atom. The molecule has 0 aromatic carbocycles. The first-order chi connectivity index (χ1) is 7.48. The summed E-state index contributed by atoms with van der Waals surface area (Å²) in [5.74, 6) is -0.465. The van der Waals surface area contributed by atoms with Crippen LogP contribution in [0.3, 0.4) is 0 Å². The molecule has 1 rings (SSSR count). The predicted molar refractivity (Wildman–Crippen MR) is 59.8 cm³/mol. The van der Waals surface area contributed by atoms with Gasteiger partial charge in [0.05, 0.1) is 6.61 Å². The van der Waals surface area contributed by atoms with Gasteiger partial charge in [0, 0.05) is 19.7 Å². The molecule has 5 heteroatoms. The molecule has 5 nitrogen and oxygen atoms in total. The molecular weight excluding hydrogens is 208 g/mol. The van der Waals surface area contributed by atoms with E-state index in [4.69, 9.17) is 4.74 Å². The number of nitrogens with one attached hydrogen (secondary N) is 2. The van der Waals surface area contributed by atoms with Crippen LogP contribution in [-0.2, 0) is 14.3 Å². The van der Waals surface area contributed by atoms with Crippen LogP contribution in [0.25, 0.3) is 0 Å². The summed E-state index contributed by atoms with van der Waals surface area (Å²) < 4.78 is 4.82. The van der Waals surface area contributed by atoms with Crippen LogP contribution in [0.4, 0.5) is 0 Å². The largest absolute Gasteiger partial charge is 0.383 e. The average molecular weight is 228 g/mol. The lowest BCUT2D eigenvalue weighted by Crippen LogP contribution is -2.49. The Labute approximate surface area is 95.9 Å². The lowest BCUT2D eigenvalue weighted by molar-refractivity contribution is -0.141. The number of methoxy groups -OCH3 is 1. The van der Waals surface area contributed by atoms with Crippen LogP contribution in [0, 0.1) is 5.41 Å². The van der Waals surface area contributed by atoms with Gasteiger partial charge in [0.1, 0.15) is 5.41 Å². The third-order valence-corrected chi connectivity index (χ3v) is 2.64. The highest BCUT2D eigenvalue weighted by Gasteiger charge is 2.38. The number of amides is 2. The summed E-state index contributed by atoms with van der Waals surface area (Å²) in [6.07, 6.45) is 2.04. The van der Waals surface area contributed by atoms with Gasteiger partial charge in [-0.15, -0.1) is 0 Å². The van der Waals surface area contributed by atoms with E-state index in [0.717, 1.165) is 12.8 Å². The molecule has 1 aliphatic rings. The van der Waals surface area contributed by atoms with Crippen LogP contribution in [-0.4, -0.2) is 38.1 Å². The number of hydrogen-bond donors (Lipinski definition) is 2. The van der Waals surface area contributed by atoms with Gasteiger partial charge in [0.15, 0.2) is 0 Å². The molecule has 92 valence electrons. The molecule has 16 heavy (non-hydrogen) atoms. The Hall–Kier alpha value is -1.10. The Bertz CT molecular complexity index is 272. The van der Waals surface area contributed by atoms with E-state index in [-0.39, 0.29) is 17.9 Å². The zero-order valence-corrected chi connectivity index (χ0v) is 10.1. The van der Waals surface area contributed by atoms with Gasteiger partial charge in [-0.25, -0.2) is 0 Å². The van der Waals surface area contributed by atoms with E-state index in [2.05, 4.69) is 10.6 Å². The second-order valence-corrected chi connectivity index (χ2v) is 4.62. The van der Waals surface area contributed by atoms with Gasteiger partial charge in [-0.05, 0) is 26.7 Å².